The van der Waals surface area contributed by atoms with Crippen LogP contribution in [0, 0.1) is 0 Å². The summed E-state index contributed by atoms with van der Waals surface area (Å²) >= 11 is 0. The molecule has 0 radical (unpaired) electrons. The summed E-state index contributed by atoms with van der Waals surface area (Å²) in [6.45, 7) is 1.96. The first kappa shape index (κ1) is 20.0. The molecule has 0 bridgehead atoms. The molecule has 0 unspecified atom stereocenters. The van der Waals surface area contributed by atoms with Crippen molar-refractivity contribution in [1.29, 1.82) is 0 Å². The number of carbonyl (C=O) groups is 1. The molecule has 0 spiro atoms. The molecule has 4 rings (SSSR count). The van der Waals surface area contributed by atoms with Crippen LogP contribution in [-0.4, -0.2) is 27.5 Å². The van der Waals surface area contributed by atoms with Crippen molar-refractivity contribution in [2.45, 2.75) is 24.3 Å². The lowest BCUT2D eigenvalue weighted by Crippen LogP contribution is -2.35. The normalized spacial score (nSPS) is 15.5. The van der Waals surface area contributed by atoms with Gasteiger partial charge in [0.2, 0.25) is 0 Å². The van der Waals surface area contributed by atoms with Gasteiger partial charge in [0.05, 0.1) is 17.7 Å². The molecule has 1 aliphatic rings. The average Bonchev–Trinajstić information content (AvgIpc) is 3.08. The smallest absolute Gasteiger partial charge is 0.261 e. The Morgan fingerprint density at radius 3 is 2.53 bits per heavy atom. The molecule has 0 aliphatic carbocycles. The highest BCUT2D eigenvalue weighted by atomic mass is 32.2. The van der Waals surface area contributed by atoms with E-state index in [-0.39, 0.29) is 16.8 Å². The summed E-state index contributed by atoms with van der Waals surface area (Å²) in [4.78, 5) is 14.9. The van der Waals surface area contributed by atoms with Gasteiger partial charge < -0.3 is 9.64 Å². The minimum atomic E-state index is -3.78. The average molecular weight is 423 g/mol. The summed E-state index contributed by atoms with van der Waals surface area (Å²) in [6, 6.07) is 20.7. The van der Waals surface area contributed by atoms with Crippen molar-refractivity contribution in [3.63, 3.8) is 0 Å². The number of hydrogen-bond acceptors (Lipinski definition) is 4. The fourth-order valence-electron chi connectivity index (χ4n) is 3.70. The molecule has 3 aromatic rings. The number of ether oxygens (including phenoxy) is 1. The standard InChI is InChI=1S/C23H22N2O4S/c1-16-13-18-14-21(30(27,28)24-19-9-6-10-20(15-19)29-2)11-12-22(18)25(16)23(26)17-7-4-3-5-8-17/h3-12,14-16,24H,13H2,1-2H3/t16-/m0/s1. The Balaban J connectivity index is 1.63. The molecule has 0 saturated carbocycles. The van der Waals surface area contributed by atoms with Gasteiger partial charge in [0.1, 0.15) is 5.75 Å². The van der Waals surface area contributed by atoms with E-state index in [9.17, 15) is 13.2 Å². The largest absolute Gasteiger partial charge is 0.497 e. The Labute approximate surface area is 176 Å². The van der Waals surface area contributed by atoms with Gasteiger partial charge >= 0.3 is 0 Å². The van der Waals surface area contributed by atoms with Crippen molar-refractivity contribution < 1.29 is 17.9 Å². The summed E-state index contributed by atoms with van der Waals surface area (Å²) < 4.78 is 33.5. The Morgan fingerprint density at radius 2 is 1.80 bits per heavy atom. The van der Waals surface area contributed by atoms with E-state index in [1.165, 1.54) is 13.2 Å². The predicted octanol–water partition coefficient (Wildman–Crippen LogP) is 4.09. The van der Waals surface area contributed by atoms with Gasteiger partial charge in [0.15, 0.2) is 0 Å². The molecular formula is C23H22N2O4S. The van der Waals surface area contributed by atoms with Crippen molar-refractivity contribution in [1.82, 2.24) is 0 Å². The predicted molar refractivity (Wildman–Crippen MR) is 117 cm³/mol. The lowest BCUT2D eigenvalue weighted by Gasteiger charge is -2.23. The molecule has 1 N–H and O–H groups in total. The van der Waals surface area contributed by atoms with Crippen molar-refractivity contribution in [2.24, 2.45) is 0 Å². The number of hydrogen-bond donors (Lipinski definition) is 1. The maximum absolute atomic E-state index is 13.0. The molecular weight excluding hydrogens is 400 g/mol. The van der Waals surface area contributed by atoms with Gasteiger partial charge in [-0.15, -0.1) is 0 Å². The Morgan fingerprint density at radius 1 is 1.03 bits per heavy atom. The van der Waals surface area contributed by atoms with Gasteiger partial charge in [0, 0.05) is 23.4 Å². The number of sulfonamides is 1. The molecule has 0 saturated heterocycles. The van der Waals surface area contributed by atoms with Crippen molar-refractivity contribution in [3.05, 3.63) is 83.9 Å². The molecule has 154 valence electrons. The minimum Gasteiger partial charge on any atom is -0.497 e. The van der Waals surface area contributed by atoms with E-state index >= 15 is 0 Å². The zero-order chi connectivity index (χ0) is 21.3. The fraction of sp³-hybridized carbons (Fsp3) is 0.174. The van der Waals surface area contributed by atoms with Gasteiger partial charge in [-0.2, -0.15) is 0 Å². The third-order valence-corrected chi connectivity index (χ3v) is 6.52. The quantitative estimate of drug-likeness (QED) is 0.672. The third kappa shape index (κ3) is 3.76. The molecule has 1 heterocycles. The number of methoxy groups -OCH3 is 1. The molecule has 30 heavy (non-hydrogen) atoms. The summed E-state index contributed by atoms with van der Waals surface area (Å²) in [5, 5.41) is 0. The SMILES string of the molecule is COc1cccc(NS(=O)(=O)c2ccc3c(c2)C[C@H](C)N3C(=O)c2ccccc2)c1. The van der Waals surface area contributed by atoms with Crippen LogP contribution < -0.4 is 14.4 Å². The zero-order valence-corrected chi connectivity index (χ0v) is 17.5. The number of rotatable bonds is 5. The van der Waals surface area contributed by atoms with Crippen LogP contribution in [0.3, 0.4) is 0 Å². The summed E-state index contributed by atoms with van der Waals surface area (Å²) in [7, 11) is -2.25. The Hall–Kier alpha value is -3.32. The lowest BCUT2D eigenvalue weighted by atomic mass is 10.1. The van der Waals surface area contributed by atoms with Gasteiger partial charge in [-0.05, 0) is 61.4 Å². The first-order valence-corrected chi connectivity index (χ1v) is 11.1. The van der Waals surface area contributed by atoms with Crippen LogP contribution in [0.4, 0.5) is 11.4 Å². The Kier molecular flexibility index (Phi) is 5.22. The van der Waals surface area contributed by atoms with Crippen LogP contribution in [0.15, 0.2) is 77.7 Å². The topological polar surface area (TPSA) is 75.7 Å². The fourth-order valence-corrected chi connectivity index (χ4v) is 4.80. The number of carbonyl (C=O) groups excluding carboxylic acids is 1. The molecule has 1 aliphatic heterocycles. The third-order valence-electron chi connectivity index (χ3n) is 5.14. The second-order valence-corrected chi connectivity index (χ2v) is 8.90. The maximum Gasteiger partial charge on any atom is 0.261 e. The van der Waals surface area contributed by atoms with E-state index in [1.807, 2.05) is 25.1 Å². The molecule has 0 aromatic heterocycles. The van der Waals surface area contributed by atoms with E-state index in [4.69, 9.17) is 4.74 Å². The molecule has 6 nitrogen and oxygen atoms in total. The van der Waals surface area contributed by atoms with Crippen LogP contribution in [0.2, 0.25) is 0 Å². The molecule has 1 atom stereocenters. The number of anilines is 2. The van der Waals surface area contributed by atoms with Gasteiger partial charge in [-0.1, -0.05) is 24.3 Å². The van der Waals surface area contributed by atoms with Gasteiger partial charge in [0.25, 0.3) is 15.9 Å². The molecule has 3 aromatic carbocycles. The molecule has 0 fully saturated rings. The zero-order valence-electron chi connectivity index (χ0n) is 16.7. The number of fused-ring (bicyclic) bond motifs is 1. The van der Waals surface area contributed by atoms with Gasteiger partial charge in [-0.3, -0.25) is 9.52 Å². The molecule has 7 heteroatoms. The van der Waals surface area contributed by atoms with E-state index in [1.54, 1.807) is 53.4 Å². The lowest BCUT2D eigenvalue weighted by molar-refractivity contribution is 0.0981. The second-order valence-electron chi connectivity index (χ2n) is 7.22. The first-order chi connectivity index (χ1) is 14.4. The summed E-state index contributed by atoms with van der Waals surface area (Å²) in [5.41, 5.74) is 2.61. The van der Waals surface area contributed by atoms with Crippen molar-refractivity contribution in [3.8, 4) is 5.75 Å². The van der Waals surface area contributed by atoms with E-state index in [0.717, 1.165) is 11.3 Å². The van der Waals surface area contributed by atoms with Crippen LogP contribution in [0.1, 0.15) is 22.8 Å². The Bertz CT molecular complexity index is 1190. The van der Waals surface area contributed by atoms with Crippen molar-refractivity contribution in [2.75, 3.05) is 16.7 Å². The van der Waals surface area contributed by atoms with E-state index < -0.39 is 10.0 Å². The minimum absolute atomic E-state index is 0.0583. The number of nitrogens with zero attached hydrogens (tertiary/aromatic N) is 1. The highest BCUT2D eigenvalue weighted by molar-refractivity contribution is 7.92. The van der Waals surface area contributed by atoms with Crippen LogP contribution >= 0.6 is 0 Å². The highest BCUT2D eigenvalue weighted by Gasteiger charge is 2.32. The van der Waals surface area contributed by atoms with E-state index in [2.05, 4.69) is 4.72 Å². The monoisotopic (exact) mass is 422 g/mol. The van der Waals surface area contributed by atoms with Gasteiger partial charge in [-0.25, -0.2) is 8.42 Å². The number of benzene rings is 3. The highest BCUT2D eigenvalue weighted by Crippen LogP contribution is 2.35. The summed E-state index contributed by atoms with van der Waals surface area (Å²) in [6.07, 6.45) is 0.594. The number of amides is 1. The first-order valence-electron chi connectivity index (χ1n) is 9.57. The van der Waals surface area contributed by atoms with Crippen LogP contribution in [0.25, 0.3) is 0 Å². The van der Waals surface area contributed by atoms with E-state index in [0.29, 0.717) is 23.4 Å². The maximum atomic E-state index is 13.0. The second kappa shape index (κ2) is 7.84. The van der Waals surface area contributed by atoms with Crippen LogP contribution in [-0.2, 0) is 16.4 Å². The summed E-state index contributed by atoms with van der Waals surface area (Å²) in [5.74, 6) is 0.472. The van der Waals surface area contributed by atoms with Crippen LogP contribution in [0.5, 0.6) is 5.75 Å². The van der Waals surface area contributed by atoms with Crippen molar-refractivity contribution >= 4 is 27.3 Å². The molecule has 1 amide bonds. The number of nitrogens with one attached hydrogen (secondary N) is 1.